The lowest BCUT2D eigenvalue weighted by Gasteiger charge is -2.16. The van der Waals surface area contributed by atoms with Crippen LogP contribution in [0, 0.1) is 11.6 Å². The van der Waals surface area contributed by atoms with Crippen molar-refractivity contribution >= 4 is 21.4 Å². The van der Waals surface area contributed by atoms with Gasteiger partial charge >= 0.3 is 0 Å². The molecule has 1 nitrogen and oxygen atoms in total. The molecule has 0 saturated heterocycles. The van der Waals surface area contributed by atoms with Crippen molar-refractivity contribution in [3.8, 4) is 0 Å². The van der Waals surface area contributed by atoms with Crippen LogP contribution in [0.2, 0.25) is 0 Å². The Balaban J connectivity index is 2.14. The first-order valence-electron chi connectivity index (χ1n) is 6.28. The largest absolute Gasteiger partial charge is 0.309 e. The predicted octanol–water partition coefficient (Wildman–Crippen LogP) is 4.49. The van der Waals surface area contributed by atoms with Gasteiger partial charge in [0.15, 0.2) is 0 Å². The average Bonchev–Trinajstić information content (AvgIpc) is 2.83. The van der Waals surface area contributed by atoms with Crippen LogP contribution in [-0.2, 0) is 0 Å². The van der Waals surface area contributed by atoms with Crippen LogP contribution in [0.1, 0.15) is 17.2 Å². The second-order valence-electron chi connectivity index (χ2n) is 4.61. The standard InChI is InChI=1S/C16H13F2NS/c1-19-16(10-6-11(17)8-12(18)7-10)14-9-20-15-5-3-2-4-13(14)15/h2-9,16,19H,1H3. The summed E-state index contributed by atoms with van der Waals surface area (Å²) < 4.78 is 28.0. The third-order valence-electron chi connectivity index (χ3n) is 3.33. The molecule has 1 unspecified atom stereocenters. The van der Waals surface area contributed by atoms with E-state index in [0.29, 0.717) is 5.56 Å². The van der Waals surface area contributed by atoms with E-state index in [1.807, 2.05) is 29.6 Å². The smallest absolute Gasteiger partial charge is 0.126 e. The van der Waals surface area contributed by atoms with Crippen LogP contribution >= 0.6 is 11.3 Å². The van der Waals surface area contributed by atoms with Gasteiger partial charge in [0.2, 0.25) is 0 Å². The molecule has 3 aromatic rings. The maximum absolute atomic E-state index is 13.4. The molecule has 0 radical (unpaired) electrons. The fraction of sp³-hybridized carbons (Fsp3) is 0.125. The number of halogens is 2. The van der Waals surface area contributed by atoms with E-state index in [2.05, 4.69) is 5.32 Å². The van der Waals surface area contributed by atoms with Crippen molar-refractivity contribution in [3.05, 3.63) is 70.6 Å². The van der Waals surface area contributed by atoms with Gasteiger partial charge in [0.25, 0.3) is 0 Å². The number of hydrogen-bond acceptors (Lipinski definition) is 2. The molecule has 2 aromatic carbocycles. The molecule has 0 amide bonds. The minimum Gasteiger partial charge on any atom is -0.309 e. The van der Waals surface area contributed by atoms with Crippen molar-refractivity contribution in [1.82, 2.24) is 5.32 Å². The molecular formula is C16H13F2NS. The van der Waals surface area contributed by atoms with Crippen LogP contribution in [0.15, 0.2) is 47.8 Å². The van der Waals surface area contributed by atoms with Gasteiger partial charge in [0.1, 0.15) is 11.6 Å². The Labute approximate surface area is 119 Å². The SMILES string of the molecule is CNC(c1cc(F)cc(F)c1)c1csc2ccccc12. The van der Waals surface area contributed by atoms with Crippen LogP contribution < -0.4 is 5.32 Å². The number of rotatable bonds is 3. The highest BCUT2D eigenvalue weighted by Crippen LogP contribution is 2.33. The zero-order valence-electron chi connectivity index (χ0n) is 10.9. The van der Waals surface area contributed by atoms with E-state index in [1.54, 1.807) is 18.4 Å². The molecule has 1 heterocycles. The van der Waals surface area contributed by atoms with Crippen LogP contribution in [0.4, 0.5) is 8.78 Å². The third-order valence-corrected chi connectivity index (χ3v) is 4.31. The van der Waals surface area contributed by atoms with E-state index in [-0.39, 0.29) is 6.04 Å². The summed E-state index contributed by atoms with van der Waals surface area (Å²) in [4.78, 5) is 0. The van der Waals surface area contributed by atoms with Crippen molar-refractivity contribution in [2.75, 3.05) is 7.05 Å². The summed E-state index contributed by atoms with van der Waals surface area (Å²) in [5, 5.41) is 6.29. The highest BCUT2D eigenvalue weighted by Gasteiger charge is 2.17. The lowest BCUT2D eigenvalue weighted by molar-refractivity contribution is 0.572. The first kappa shape index (κ1) is 13.2. The van der Waals surface area contributed by atoms with Gasteiger partial charge < -0.3 is 5.32 Å². The lowest BCUT2D eigenvalue weighted by Crippen LogP contribution is -2.17. The molecule has 0 aliphatic rings. The fourth-order valence-corrected chi connectivity index (χ4v) is 3.45. The minimum atomic E-state index is -0.556. The van der Waals surface area contributed by atoms with E-state index >= 15 is 0 Å². The molecule has 0 spiro atoms. The quantitative estimate of drug-likeness (QED) is 0.749. The van der Waals surface area contributed by atoms with Crippen molar-refractivity contribution in [3.63, 3.8) is 0 Å². The summed E-state index contributed by atoms with van der Waals surface area (Å²) in [6.45, 7) is 0. The molecule has 0 saturated carbocycles. The summed E-state index contributed by atoms with van der Waals surface area (Å²) in [6.07, 6.45) is 0. The van der Waals surface area contributed by atoms with Crippen molar-refractivity contribution in [2.45, 2.75) is 6.04 Å². The van der Waals surface area contributed by atoms with Crippen LogP contribution in [-0.4, -0.2) is 7.05 Å². The van der Waals surface area contributed by atoms with Gasteiger partial charge in [-0.3, -0.25) is 0 Å². The fourth-order valence-electron chi connectivity index (χ4n) is 2.47. The lowest BCUT2D eigenvalue weighted by atomic mass is 9.98. The van der Waals surface area contributed by atoms with Gasteiger partial charge in [0.05, 0.1) is 6.04 Å². The first-order chi connectivity index (χ1) is 9.69. The summed E-state index contributed by atoms with van der Waals surface area (Å²) in [5.41, 5.74) is 1.63. The molecule has 20 heavy (non-hydrogen) atoms. The Morgan fingerprint density at radius 3 is 2.45 bits per heavy atom. The topological polar surface area (TPSA) is 12.0 Å². The average molecular weight is 289 g/mol. The summed E-state index contributed by atoms with van der Waals surface area (Å²) >= 11 is 1.63. The molecule has 1 atom stereocenters. The Kier molecular flexibility index (Phi) is 3.51. The second-order valence-corrected chi connectivity index (χ2v) is 5.52. The highest BCUT2D eigenvalue weighted by atomic mass is 32.1. The number of benzene rings is 2. The van der Waals surface area contributed by atoms with E-state index < -0.39 is 11.6 Å². The summed E-state index contributed by atoms with van der Waals surface area (Å²) in [6, 6.07) is 11.4. The maximum atomic E-state index is 13.4. The Morgan fingerprint density at radius 1 is 1.05 bits per heavy atom. The Bertz CT molecular complexity index is 731. The Hall–Kier alpha value is -1.78. The number of nitrogens with one attached hydrogen (secondary N) is 1. The van der Waals surface area contributed by atoms with Crippen molar-refractivity contribution in [2.24, 2.45) is 0 Å². The van der Waals surface area contributed by atoms with E-state index in [1.165, 1.54) is 16.8 Å². The predicted molar refractivity (Wildman–Crippen MR) is 79.1 cm³/mol. The van der Waals surface area contributed by atoms with Crippen LogP contribution in [0.5, 0.6) is 0 Å². The van der Waals surface area contributed by atoms with Gasteiger partial charge in [-0.15, -0.1) is 11.3 Å². The van der Waals surface area contributed by atoms with E-state index in [9.17, 15) is 8.78 Å². The molecule has 0 fully saturated rings. The van der Waals surface area contributed by atoms with Crippen LogP contribution in [0.25, 0.3) is 10.1 Å². The van der Waals surface area contributed by atoms with E-state index in [4.69, 9.17) is 0 Å². The number of hydrogen-bond donors (Lipinski definition) is 1. The minimum absolute atomic E-state index is 0.226. The monoisotopic (exact) mass is 289 g/mol. The van der Waals surface area contributed by atoms with Gasteiger partial charge in [0, 0.05) is 10.8 Å². The van der Waals surface area contributed by atoms with Gasteiger partial charge in [-0.1, -0.05) is 18.2 Å². The molecule has 4 heteroatoms. The first-order valence-corrected chi connectivity index (χ1v) is 7.16. The zero-order valence-corrected chi connectivity index (χ0v) is 11.7. The van der Waals surface area contributed by atoms with Crippen molar-refractivity contribution in [1.29, 1.82) is 0 Å². The molecule has 1 N–H and O–H groups in total. The zero-order chi connectivity index (χ0) is 14.1. The van der Waals surface area contributed by atoms with Gasteiger partial charge in [-0.05, 0) is 47.1 Å². The molecule has 3 rings (SSSR count). The molecular weight excluding hydrogens is 276 g/mol. The van der Waals surface area contributed by atoms with Crippen LogP contribution in [0.3, 0.4) is 0 Å². The molecule has 102 valence electrons. The summed E-state index contributed by atoms with van der Waals surface area (Å²) in [5.74, 6) is -1.11. The molecule has 0 bridgehead atoms. The molecule has 1 aromatic heterocycles. The Morgan fingerprint density at radius 2 is 1.75 bits per heavy atom. The van der Waals surface area contributed by atoms with E-state index in [0.717, 1.165) is 17.0 Å². The molecule has 0 aliphatic heterocycles. The third kappa shape index (κ3) is 2.32. The number of thiophene rings is 1. The number of fused-ring (bicyclic) bond motifs is 1. The van der Waals surface area contributed by atoms with Crippen molar-refractivity contribution < 1.29 is 8.78 Å². The molecule has 0 aliphatic carbocycles. The van der Waals surface area contributed by atoms with Gasteiger partial charge in [-0.2, -0.15) is 0 Å². The second kappa shape index (κ2) is 5.31. The summed E-state index contributed by atoms with van der Waals surface area (Å²) in [7, 11) is 1.79. The highest BCUT2D eigenvalue weighted by molar-refractivity contribution is 7.17. The normalized spacial score (nSPS) is 12.8. The van der Waals surface area contributed by atoms with Gasteiger partial charge in [-0.25, -0.2) is 8.78 Å². The maximum Gasteiger partial charge on any atom is 0.126 e.